The molecular formula is C3H6ClN2O. The first-order valence-electron chi connectivity index (χ1n) is 2.02. The maximum absolute atomic E-state index is 6.52. The van der Waals surface area contributed by atoms with Crippen LogP contribution in [-0.2, 0) is 4.74 Å². The molecule has 0 saturated carbocycles. The van der Waals surface area contributed by atoms with Crippen LogP contribution in [0.1, 0.15) is 0 Å². The van der Waals surface area contributed by atoms with Crippen LogP contribution in [0, 0.1) is 0 Å². The van der Waals surface area contributed by atoms with Crippen LogP contribution in [0.15, 0.2) is 0 Å². The summed E-state index contributed by atoms with van der Waals surface area (Å²) in [6, 6.07) is 0. The minimum absolute atomic E-state index is 0.0826. The van der Waals surface area contributed by atoms with Gasteiger partial charge in [-0.25, -0.2) is 5.43 Å². The van der Waals surface area contributed by atoms with E-state index in [2.05, 4.69) is 5.43 Å². The summed E-state index contributed by atoms with van der Waals surface area (Å²) in [4.78, 5) is 0. The molecule has 1 aliphatic rings. The Morgan fingerprint density at radius 3 is 2.71 bits per heavy atom. The molecule has 1 heterocycles. The average molecular weight is 122 g/mol. The van der Waals surface area contributed by atoms with Crippen molar-refractivity contribution in [2.75, 3.05) is 6.61 Å². The van der Waals surface area contributed by atoms with E-state index >= 15 is 0 Å². The Labute approximate surface area is 46.7 Å². The third kappa shape index (κ3) is 1.28. The summed E-state index contributed by atoms with van der Waals surface area (Å²) in [6.07, 6.45) is 0.0826. The van der Waals surface area contributed by atoms with Gasteiger partial charge in [0.1, 0.15) is 11.6 Å². The first-order chi connectivity index (χ1) is 3.34. The molecule has 1 saturated heterocycles. The molecule has 2 unspecified atom stereocenters. The number of hydrogen-bond donors (Lipinski definition) is 1. The van der Waals surface area contributed by atoms with Crippen LogP contribution in [-0.4, -0.2) is 18.2 Å². The highest BCUT2D eigenvalue weighted by molar-refractivity contribution is 6.20. The molecule has 2 N–H and O–H groups in total. The molecule has 4 heteroatoms. The normalized spacial score (nSPS) is 32.6. The van der Waals surface area contributed by atoms with Crippen molar-refractivity contribution in [1.29, 1.82) is 0 Å². The van der Waals surface area contributed by atoms with E-state index in [1.54, 1.807) is 0 Å². The minimum Gasteiger partial charge on any atom is -0.370 e. The molecule has 1 aliphatic heterocycles. The number of epoxide rings is 1. The lowest BCUT2D eigenvalue weighted by molar-refractivity contribution is 0.382. The topological polar surface area (TPSA) is 48.4 Å². The van der Waals surface area contributed by atoms with Crippen LogP contribution in [0.5, 0.6) is 0 Å². The second-order valence-electron chi connectivity index (χ2n) is 1.42. The highest BCUT2D eigenvalue weighted by atomic mass is 35.5. The molecule has 0 amide bonds. The fourth-order valence-electron chi connectivity index (χ4n) is 0.317. The molecule has 0 aromatic heterocycles. The van der Waals surface area contributed by atoms with Gasteiger partial charge < -0.3 is 4.74 Å². The number of hydrogen-bond acceptors (Lipinski definition) is 2. The van der Waals surface area contributed by atoms with Gasteiger partial charge in [-0.1, -0.05) is 0 Å². The molecule has 41 valence electrons. The molecule has 0 spiro atoms. The Morgan fingerprint density at radius 2 is 2.57 bits per heavy atom. The van der Waals surface area contributed by atoms with E-state index in [4.69, 9.17) is 22.2 Å². The highest BCUT2D eigenvalue weighted by Crippen LogP contribution is 2.15. The van der Waals surface area contributed by atoms with E-state index in [9.17, 15) is 0 Å². The molecule has 7 heavy (non-hydrogen) atoms. The maximum atomic E-state index is 6.52. The summed E-state index contributed by atoms with van der Waals surface area (Å²) in [5.74, 6) is 6.52. The second-order valence-corrected chi connectivity index (χ2v) is 1.89. The van der Waals surface area contributed by atoms with Crippen molar-refractivity contribution >= 4 is 11.6 Å². The first kappa shape index (κ1) is 5.31. The van der Waals surface area contributed by atoms with Crippen LogP contribution in [0.2, 0.25) is 0 Å². The first-order valence-corrected chi connectivity index (χ1v) is 2.46. The molecule has 3 nitrogen and oxygen atoms in total. The molecular weight excluding hydrogens is 115 g/mol. The lowest BCUT2D eigenvalue weighted by Crippen LogP contribution is -2.26. The molecule has 0 bridgehead atoms. The van der Waals surface area contributed by atoms with Gasteiger partial charge in [0.25, 0.3) is 0 Å². The van der Waals surface area contributed by atoms with E-state index in [-0.39, 0.29) is 11.6 Å². The van der Waals surface area contributed by atoms with Crippen LogP contribution >= 0.6 is 11.6 Å². The second kappa shape index (κ2) is 1.96. The largest absolute Gasteiger partial charge is 0.370 e. The van der Waals surface area contributed by atoms with Crippen molar-refractivity contribution in [3.05, 3.63) is 0 Å². The Balaban J connectivity index is 2.10. The Bertz CT molecular complexity index is 66.0. The van der Waals surface area contributed by atoms with Crippen molar-refractivity contribution in [1.82, 2.24) is 11.3 Å². The predicted octanol–water partition coefficient (Wildman–Crippen LogP) is -0.262. The van der Waals surface area contributed by atoms with Gasteiger partial charge in [0, 0.05) is 0 Å². The summed E-state index contributed by atoms with van der Waals surface area (Å²) in [5.41, 5.74) is 1.80. The van der Waals surface area contributed by atoms with Gasteiger partial charge in [0.15, 0.2) is 0 Å². The third-order valence-electron chi connectivity index (χ3n) is 0.823. The van der Waals surface area contributed by atoms with Crippen molar-refractivity contribution in [3.63, 3.8) is 0 Å². The lowest BCUT2D eigenvalue weighted by Gasteiger charge is -1.98. The molecule has 0 aliphatic carbocycles. The van der Waals surface area contributed by atoms with Crippen molar-refractivity contribution in [2.45, 2.75) is 11.6 Å². The van der Waals surface area contributed by atoms with Gasteiger partial charge in [-0.05, 0) is 0 Å². The van der Waals surface area contributed by atoms with Gasteiger partial charge in [-0.3, -0.25) is 0 Å². The number of halogens is 1. The quantitative estimate of drug-likeness (QED) is 0.237. The zero-order valence-corrected chi connectivity index (χ0v) is 4.40. The molecule has 1 fully saturated rings. The van der Waals surface area contributed by atoms with Crippen LogP contribution in [0.3, 0.4) is 0 Å². The van der Waals surface area contributed by atoms with Gasteiger partial charge in [0.05, 0.1) is 6.61 Å². The Morgan fingerprint density at radius 1 is 2.00 bits per heavy atom. The van der Waals surface area contributed by atoms with E-state index in [0.717, 1.165) is 0 Å². The summed E-state index contributed by atoms with van der Waals surface area (Å²) in [7, 11) is 0. The van der Waals surface area contributed by atoms with E-state index in [0.29, 0.717) is 6.61 Å². The number of alkyl halides is 1. The third-order valence-corrected chi connectivity index (χ3v) is 1.21. The SMILES string of the molecule is [NH]NC(Cl)C1CO1. The Kier molecular flexibility index (Phi) is 1.49. The minimum atomic E-state index is -0.319. The maximum Gasteiger partial charge on any atom is 0.125 e. The fourth-order valence-corrected chi connectivity index (χ4v) is 0.463. The summed E-state index contributed by atoms with van der Waals surface area (Å²) >= 11 is 5.44. The molecule has 0 aromatic rings. The van der Waals surface area contributed by atoms with Gasteiger partial charge in [-0.2, -0.15) is 5.84 Å². The zero-order chi connectivity index (χ0) is 5.28. The summed E-state index contributed by atoms with van der Waals surface area (Å²) in [6.45, 7) is 0.694. The fraction of sp³-hybridized carbons (Fsp3) is 1.00. The molecule has 2 atom stereocenters. The highest BCUT2D eigenvalue weighted by Gasteiger charge is 2.30. The van der Waals surface area contributed by atoms with Crippen molar-refractivity contribution in [3.8, 4) is 0 Å². The molecule has 1 radical (unpaired) electrons. The standard InChI is InChI=1S/C3H6ClN2O/c4-3(6-5)2-1-7-2/h2-3,5-6H,1H2. The van der Waals surface area contributed by atoms with Gasteiger partial charge in [0.2, 0.25) is 0 Å². The average Bonchev–Trinajstić information content (AvgIpc) is 2.44. The lowest BCUT2D eigenvalue weighted by atomic mass is 10.5. The number of rotatable bonds is 2. The number of ether oxygens (including phenoxy) is 1. The summed E-state index contributed by atoms with van der Waals surface area (Å²) < 4.78 is 4.75. The molecule has 0 aromatic carbocycles. The zero-order valence-electron chi connectivity index (χ0n) is 3.65. The van der Waals surface area contributed by atoms with Crippen LogP contribution in [0.25, 0.3) is 0 Å². The Hall–Kier alpha value is 0.170. The van der Waals surface area contributed by atoms with Gasteiger partial charge in [-0.15, -0.1) is 11.6 Å². The van der Waals surface area contributed by atoms with Gasteiger partial charge >= 0.3 is 0 Å². The van der Waals surface area contributed by atoms with Crippen LogP contribution < -0.4 is 11.3 Å². The van der Waals surface area contributed by atoms with Crippen molar-refractivity contribution in [2.24, 2.45) is 0 Å². The smallest absolute Gasteiger partial charge is 0.125 e. The molecule has 1 rings (SSSR count). The predicted molar refractivity (Wildman–Crippen MR) is 25.6 cm³/mol. The van der Waals surface area contributed by atoms with Crippen molar-refractivity contribution < 1.29 is 4.74 Å². The summed E-state index contributed by atoms with van der Waals surface area (Å²) in [5, 5.41) is 0. The number of nitrogens with one attached hydrogen (secondary N) is 2. The van der Waals surface area contributed by atoms with E-state index < -0.39 is 0 Å². The van der Waals surface area contributed by atoms with Crippen LogP contribution in [0.4, 0.5) is 0 Å². The van der Waals surface area contributed by atoms with E-state index in [1.807, 2.05) is 0 Å². The monoisotopic (exact) mass is 121 g/mol. The van der Waals surface area contributed by atoms with E-state index in [1.165, 1.54) is 0 Å².